The van der Waals surface area contributed by atoms with Crippen molar-refractivity contribution in [2.75, 3.05) is 0 Å². The van der Waals surface area contributed by atoms with Crippen LogP contribution in [0.25, 0.3) is 0 Å². The van der Waals surface area contributed by atoms with Crippen molar-refractivity contribution in [1.82, 2.24) is 10.2 Å². The Bertz CT molecular complexity index is 1100. The van der Waals surface area contributed by atoms with Gasteiger partial charge in [-0.3, -0.25) is 14.5 Å². The number of rotatable bonds is 6. The van der Waals surface area contributed by atoms with E-state index in [1.54, 1.807) is 19.1 Å². The van der Waals surface area contributed by atoms with Crippen LogP contribution in [0, 0.1) is 17.6 Å². The van der Waals surface area contributed by atoms with E-state index in [4.69, 9.17) is 5.73 Å². The third-order valence-electron chi connectivity index (χ3n) is 6.17. The minimum atomic E-state index is -0.603. The zero-order valence-electron chi connectivity index (χ0n) is 18.1. The SMILES string of the molecule is CC(NC(=O)c1cc(F)cc(CN2C(=O)CC(C)(C3CC3)N=C2N)c1)c1cccc(F)c1. The molecule has 168 valence electrons. The number of hydrogen-bond acceptors (Lipinski definition) is 4. The summed E-state index contributed by atoms with van der Waals surface area (Å²) in [7, 11) is 0. The van der Waals surface area contributed by atoms with Crippen LogP contribution in [0.3, 0.4) is 0 Å². The lowest BCUT2D eigenvalue weighted by atomic mass is 9.90. The Labute approximate surface area is 185 Å². The topological polar surface area (TPSA) is 87.8 Å². The highest BCUT2D eigenvalue weighted by atomic mass is 19.1. The van der Waals surface area contributed by atoms with E-state index in [9.17, 15) is 18.4 Å². The van der Waals surface area contributed by atoms with Crippen LogP contribution >= 0.6 is 0 Å². The number of carbonyl (C=O) groups excluding carboxylic acids is 2. The van der Waals surface area contributed by atoms with Gasteiger partial charge in [0.15, 0.2) is 5.96 Å². The fourth-order valence-corrected chi connectivity index (χ4v) is 4.20. The highest BCUT2D eigenvalue weighted by Gasteiger charge is 2.46. The van der Waals surface area contributed by atoms with E-state index in [1.165, 1.54) is 29.2 Å². The highest BCUT2D eigenvalue weighted by Crippen LogP contribution is 2.45. The van der Waals surface area contributed by atoms with Crippen LogP contribution in [0.2, 0.25) is 0 Å². The van der Waals surface area contributed by atoms with Gasteiger partial charge < -0.3 is 11.1 Å². The largest absolute Gasteiger partial charge is 0.369 e. The molecule has 0 radical (unpaired) electrons. The van der Waals surface area contributed by atoms with Crippen molar-refractivity contribution in [3.63, 3.8) is 0 Å². The number of aliphatic imine (C=N–C) groups is 1. The molecule has 1 aliphatic heterocycles. The second-order valence-electron chi connectivity index (χ2n) is 8.86. The summed E-state index contributed by atoms with van der Waals surface area (Å²) < 4.78 is 27.8. The van der Waals surface area contributed by atoms with Gasteiger partial charge in [-0.2, -0.15) is 0 Å². The van der Waals surface area contributed by atoms with E-state index in [2.05, 4.69) is 10.3 Å². The second-order valence-corrected chi connectivity index (χ2v) is 8.86. The summed E-state index contributed by atoms with van der Waals surface area (Å²) in [4.78, 5) is 31.3. The molecule has 2 atom stereocenters. The molecule has 2 amide bonds. The number of hydrogen-bond donors (Lipinski definition) is 2. The van der Waals surface area contributed by atoms with Crippen molar-refractivity contribution in [2.24, 2.45) is 16.6 Å². The Morgan fingerprint density at radius 2 is 2.00 bits per heavy atom. The molecular formula is C24H26F2N4O2. The monoisotopic (exact) mass is 440 g/mol. The van der Waals surface area contributed by atoms with Crippen LogP contribution in [0.15, 0.2) is 47.5 Å². The van der Waals surface area contributed by atoms with Crippen LogP contribution in [-0.2, 0) is 11.3 Å². The first-order valence-corrected chi connectivity index (χ1v) is 10.7. The maximum Gasteiger partial charge on any atom is 0.251 e. The van der Waals surface area contributed by atoms with Gasteiger partial charge in [-0.25, -0.2) is 13.8 Å². The normalized spacial score (nSPS) is 21.8. The van der Waals surface area contributed by atoms with Crippen molar-refractivity contribution < 1.29 is 18.4 Å². The van der Waals surface area contributed by atoms with Crippen LogP contribution in [0.1, 0.15) is 60.6 Å². The first-order chi connectivity index (χ1) is 15.1. The van der Waals surface area contributed by atoms with E-state index >= 15 is 0 Å². The lowest BCUT2D eigenvalue weighted by Crippen LogP contribution is -2.50. The molecule has 1 saturated carbocycles. The summed E-state index contributed by atoms with van der Waals surface area (Å²) in [6.45, 7) is 3.68. The molecule has 1 heterocycles. The summed E-state index contributed by atoms with van der Waals surface area (Å²) in [5.41, 5.74) is 6.74. The van der Waals surface area contributed by atoms with Gasteiger partial charge in [-0.1, -0.05) is 12.1 Å². The van der Waals surface area contributed by atoms with Crippen LogP contribution in [0.4, 0.5) is 8.78 Å². The number of benzene rings is 2. The summed E-state index contributed by atoms with van der Waals surface area (Å²) >= 11 is 0. The van der Waals surface area contributed by atoms with Gasteiger partial charge in [0.25, 0.3) is 5.91 Å². The smallest absolute Gasteiger partial charge is 0.251 e. The highest BCUT2D eigenvalue weighted by molar-refractivity contribution is 5.99. The number of guanidine groups is 1. The number of nitrogens with zero attached hydrogens (tertiary/aromatic N) is 2. The van der Waals surface area contributed by atoms with Crippen molar-refractivity contribution in [1.29, 1.82) is 0 Å². The molecule has 8 heteroatoms. The summed E-state index contributed by atoms with van der Waals surface area (Å²) in [6, 6.07) is 9.35. The zero-order valence-corrected chi connectivity index (χ0v) is 18.1. The molecule has 2 aliphatic rings. The predicted molar refractivity (Wildman–Crippen MR) is 117 cm³/mol. The maximum absolute atomic E-state index is 14.3. The standard InChI is InChI=1S/C24H26F2N4O2/c1-14(16-4-3-5-19(25)10-16)28-22(32)17-8-15(9-20(26)11-17)13-30-21(31)12-24(2,18-6-7-18)29-23(30)27/h3-5,8-11,14,18H,6-7,12-13H2,1-2H3,(H2,27,29)(H,28,32). The molecule has 1 fully saturated rings. The molecule has 0 bridgehead atoms. The molecule has 0 saturated heterocycles. The summed E-state index contributed by atoms with van der Waals surface area (Å²) in [5.74, 6) is -1.19. The van der Waals surface area contributed by atoms with Crippen molar-refractivity contribution in [3.8, 4) is 0 Å². The molecule has 2 aromatic carbocycles. The quantitative estimate of drug-likeness (QED) is 0.719. The number of carbonyl (C=O) groups is 2. The van der Waals surface area contributed by atoms with E-state index < -0.39 is 29.1 Å². The molecular weight excluding hydrogens is 414 g/mol. The Balaban J connectivity index is 1.50. The fourth-order valence-electron chi connectivity index (χ4n) is 4.20. The first kappa shape index (κ1) is 21.9. The maximum atomic E-state index is 14.3. The Morgan fingerprint density at radius 1 is 1.25 bits per heavy atom. The Morgan fingerprint density at radius 3 is 2.66 bits per heavy atom. The van der Waals surface area contributed by atoms with E-state index in [0.29, 0.717) is 17.0 Å². The van der Waals surface area contributed by atoms with Crippen molar-refractivity contribution >= 4 is 17.8 Å². The van der Waals surface area contributed by atoms with Crippen LogP contribution in [-0.4, -0.2) is 28.2 Å². The third kappa shape index (κ3) is 4.64. The Kier molecular flexibility index (Phi) is 5.71. The summed E-state index contributed by atoms with van der Waals surface area (Å²) in [6.07, 6.45) is 2.33. The molecule has 1 aliphatic carbocycles. The van der Waals surface area contributed by atoms with Gasteiger partial charge in [-0.05, 0) is 74.1 Å². The number of halogens is 2. The number of amides is 2. The van der Waals surface area contributed by atoms with E-state index in [-0.39, 0.29) is 30.4 Å². The lowest BCUT2D eigenvalue weighted by Gasteiger charge is -2.35. The molecule has 2 unspecified atom stereocenters. The zero-order chi connectivity index (χ0) is 23.0. The van der Waals surface area contributed by atoms with Crippen LogP contribution < -0.4 is 11.1 Å². The molecule has 6 nitrogen and oxygen atoms in total. The van der Waals surface area contributed by atoms with Gasteiger partial charge in [-0.15, -0.1) is 0 Å². The first-order valence-electron chi connectivity index (χ1n) is 10.7. The molecule has 3 N–H and O–H groups in total. The molecule has 2 aromatic rings. The average molecular weight is 440 g/mol. The molecule has 32 heavy (non-hydrogen) atoms. The minimum Gasteiger partial charge on any atom is -0.369 e. The molecule has 0 aromatic heterocycles. The molecule has 0 spiro atoms. The predicted octanol–water partition coefficient (Wildman–Crippen LogP) is 3.67. The van der Waals surface area contributed by atoms with Gasteiger partial charge in [0.1, 0.15) is 11.6 Å². The minimum absolute atomic E-state index is 0.0202. The van der Waals surface area contributed by atoms with E-state index in [1.807, 2.05) is 6.92 Å². The van der Waals surface area contributed by atoms with Crippen molar-refractivity contribution in [2.45, 2.75) is 51.2 Å². The second kappa shape index (κ2) is 8.33. The fraction of sp³-hybridized carbons (Fsp3) is 0.375. The van der Waals surface area contributed by atoms with Gasteiger partial charge >= 0.3 is 0 Å². The van der Waals surface area contributed by atoms with Gasteiger partial charge in [0.2, 0.25) is 5.91 Å². The lowest BCUT2D eigenvalue weighted by molar-refractivity contribution is -0.130. The number of nitrogens with one attached hydrogen (secondary N) is 1. The van der Waals surface area contributed by atoms with E-state index in [0.717, 1.165) is 18.9 Å². The van der Waals surface area contributed by atoms with Gasteiger partial charge in [0.05, 0.1) is 24.5 Å². The summed E-state index contributed by atoms with van der Waals surface area (Å²) in [5, 5.41) is 2.74. The molecule has 4 rings (SSSR count). The number of nitrogens with two attached hydrogens (primary N) is 1. The Hall–Kier alpha value is -3.29. The van der Waals surface area contributed by atoms with Crippen LogP contribution in [0.5, 0.6) is 0 Å². The average Bonchev–Trinajstić information content (AvgIpc) is 3.56. The van der Waals surface area contributed by atoms with Gasteiger partial charge in [0, 0.05) is 5.56 Å². The third-order valence-corrected chi connectivity index (χ3v) is 6.17. The van der Waals surface area contributed by atoms with Crippen molar-refractivity contribution in [3.05, 3.63) is 70.8 Å².